The van der Waals surface area contributed by atoms with Gasteiger partial charge in [-0.3, -0.25) is 4.57 Å². The Bertz CT molecular complexity index is 1330. The molecule has 146 valence electrons. The minimum atomic E-state index is 0.119. The highest BCUT2D eigenvalue weighted by molar-refractivity contribution is 7.12. The lowest BCUT2D eigenvalue weighted by atomic mass is 9.87. The maximum absolute atomic E-state index is 4.88. The Morgan fingerprint density at radius 2 is 1.72 bits per heavy atom. The van der Waals surface area contributed by atoms with E-state index in [0.717, 1.165) is 38.6 Å². The van der Waals surface area contributed by atoms with E-state index in [1.54, 1.807) is 22.2 Å². The van der Waals surface area contributed by atoms with Crippen LogP contribution in [0.4, 0.5) is 0 Å². The van der Waals surface area contributed by atoms with E-state index in [0.29, 0.717) is 5.82 Å². The first kappa shape index (κ1) is 18.0. The van der Waals surface area contributed by atoms with Gasteiger partial charge in [0.2, 0.25) is 0 Å². The molecular weight excluding hydrogens is 380 g/mol. The molecule has 0 amide bonds. The molecule has 0 aliphatic rings. The number of aromatic nitrogens is 6. The minimum Gasteiger partial charge on any atom is -0.273 e. The van der Waals surface area contributed by atoms with Gasteiger partial charge in [-0.05, 0) is 30.4 Å². The Kier molecular flexibility index (Phi) is 3.86. The molecule has 6 nitrogen and oxygen atoms in total. The van der Waals surface area contributed by atoms with Crippen molar-refractivity contribution in [1.29, 1.82) is 0 Å². The van der Waals surface area contributed by atoms with Crippen molar-refractivity contribution in [3.63, 3.8) is 0 Å². The van der Waals surface area contributed by atoms with Crippen molar-refractivity contribution in [2.24, 2.45) is 0 Å². The van der Waals surface area contributed by atoms with Gasteiger partial charge in [-0.2, -0.15) is 0 Å². The van der Waals surface area contributed by atoms with E-state index in [4.69, 9.17) is 9.97 Å². The highest BCUT2D eigenvalue weighted by Gasteiger charge is 2.20. The van der Waals surface area contributed by atoms with E-state index >= 15 is 0 Å². The topological polar surface area (TPSA) is 60.9 Å². The Hall–Kier alpha value is -3.06. The van der Waals surface area contributed by atoms with E-state index in [-0.39, 0.29) is 5.41 Å². The number of aryl methyl sites for hydroxylation is 1. The fourth-order valence-electron chi connectivity index (χ4n) is 3.66. The summed E-state index contributed by atoms with van der Waals surface area (Å²) in [5.41, 5.74) is 6.37. The largest absolute Gasteiger partial charge is 0.273 e. The van der Waals surface area contributed by atoms with E-state index in [2.05, 4.69) is 73.5 Å². The lowest BCUT2D eigenvalue weighted by Gasteiger charge is -2.18. The summed E-state index contributed by atoms with van der Waals surface area (Å²) in [7, 11) is 0. The van der Waals surface area contributed by atoms with Crippen LogP contribution in [0.25, 0.3) is 33.2 Å². The molecule has 5 aromatic rings. The van der Waals surface area contributed by atoms with Crippen molar-refractivity contribution in [2.45, 2.75) is 40.0 Å². The van der Waals surface area contributed by atoms with E-state index < -0.39 is 0 Å². The van der Waals surface area contributed by atoms with Crippen LogP contribution in [-0.2, 0) is 5.41 Å². The van der Waals surface area contributed by atoms with E-state index in [1.165, 1.54) is 5.56 Å². The summed E-state index contributed by atoms with van der Waals surface area (Å²) in [6, 6.07) is 8.50. The van der Waals surface area contributed by atoms with Gasteiger partial charge in [0.1, 0.15) is 6.33 Å². The number of benzene rings is 1. The fourth-order valence-corrected chi connectivity index (χ4v) is 4.36. The second-order valence-corrected chi connectivity index (χ2v) is 9.21. The number of rotatable bonds is 2. The van der Waals surface area contributed by atoms with Gasteiger partial charge in [-0.15, -0.1) is 16.4 Å². The number of hydrogen-bond donors (Lipinski definition) is 0. The molecule has 0 saturated heterocycles. The fraction of sp³-hybridized carbons (Fsp3) is 0.273. The Balaban J connectivity index is 1.70. The molecule has 0 bridgehead atoms. The smallest absolute Gasteiger partial charge is 0.195 e. The maximum Gasteiger partial charge on any atom is 0.195 e. The van der Waals surface area contributed by atoms with E-state index in [1.807, 2.05) is 11.6 Å². The summed E-state index contributed by atoms with van der Waals surface area (Å²) in [5.74, 6) is 0.707. The van der Waals surface area contributed by atoms with E-state index in [9.17, 15) is 0 Å². The van der Waals surface area contributed by atoms with Crippen LogP contribution in [0, 0.1) is 13.8 Å². The highest BCUT2D eigenvalue weighted by atomic mass is 32.1. The highest BCUT2D eigenvalue weighted by Crippen LogP contribution is 2.31. The predicted molar refractivity (Wildman–Crippen MR) is 117 cm³/mol. The first-order valence-electron chi connectivity index (χ1n) is 9.58. The van der Waals surface area contributed by atoms with Gasteiger partial charge in [0.15, 0.2) is 22.3 Å². The number of thiazole rings is 1. The van der Waals surface area contributed by atoms with Crippen molar-refractivity contribution in [1.82, 2.24) is 29.1 Å². The summed E-state index contributed by atoms with van der Waals surface area (Å²) in [6.07, 6.45) is 3.55. The first-order chi connectivity index (χ1) is 13.8. The van der Waals surface area contributed by atoms with Crippen molar-refractivity contribution < 1.29 is 0 Å². The molecule has 29 heavy (non-hydrogen) atoms. The van der Waals surface area contributed by atoms with Gasteiger partial charge < -0.3 is 0 Å². The zero-order chi connectivity index (χ0) is 20.3. The molecule has 0 N–H and O–H groups in total. The molecule has 0 aliphatic heterocycles. The molecule has 0 aliphatic carbocycles. The van der Waals surface area contributed by atoms with Crippen LogP contribution in [0.2, 0.25) is 0 Å². The molecule has 0 spiro atoms. The molecule has 0 radical (unpaired) electrons. The molecule has 0 fully saturated rings. The van der Waals surface area contributed by atoms with Crippen molar-refractivity contribution in [2.75, 3.05) is 0 Å². The third kappa shape index (κ3) is 2.76. The molecule has 5 rings (SSSR count). The Morgan fingerprint density at radius 3 is 2.38 bits per heavy atom. The Morgan fingerprint density at radius 1 is 0.966 bits per heavy atom. The van der Waals surface area contributed by atoms with Crippen LogP contribution >= 0.6 is 11.3 Å². The molecular formula is C22H22N6S. The van der Waals surface area contributed by atoms with Gasteiger partial charge in [0.25, 0.3) is 0 Å². The quantitative estimate of drug-likeness (QED) is 0.412. The number of fused-ring (bicyclic) bond motifs is 3. The van der Waals surface area contributed by atoms with Gasteiger partial charge in [0.05, 0.1) is 5.39 Å². The van der Waals surface area contributed by atoms with Crippen molar-refractivity contribution in [3.05, 3.63) is 59.0 Å². The van der Waals surface area contributed by atoms with Crippen molar-refractivity contribution in [3.8, 4) is 16.5 Å². The average molecular weight is 403 g/mol. The maximum atomic E-state index is 4.88. The second-order valence-electron chi connectivity index (χ2n) is 8.33. The monoisotopic (exact) mass is 402 g/mol. The predicted octanol–water partition coefficient (Wildman–Crippen LogP) is 5.11. The van der Waals surface area contributed by atoms with Gasteiger partial charge >= 0.3 is 0 Å². The molecule has 1 aromatic carbocycles. The second kappa shape index (κ2) is 6.22. The Labute approximate surface area is 172 Å². The number of hydrogen-bond acceptors (Lipinski definition) is 5. The molecule has 0 atom stereocenters. The normalized spacial score (nSPS) is 12.3. The SMILES string of the molecule is Cc1c(C)n(-c2nccs2)c2ncn3nc(-c4ccc(C(C)(C)C)cc4)nc3c12. The summed E-state index contributed by atoms with van der Waals surface area (Å²) in [6.45, 7) is 10.8. The summed E-state index contributed by atoms with van der Waals surface area (Å²) >= 11 is 1.60. The van der Waals surface area contributed by atoms with Gasteiger partial charge in [-0.1, -0.05) is 45.0 Å². The summed E-state index contributed by atoms with van der Waals surface area (Å²) in [5, 5.41) is 8.60. The standard InChI is InChI=1S/C22H22N6S/c1-13-14(2)28(21-23-10-11-29-21)19-17(13)20-25-18(26-27(20)12-24-19)15-6-8-16(9-7-15)22(3,4)5/h6-12H,1-5H3. The molecule has 7 heteroatoms. The third-order valence-electron chi connectivity index (χ3n) is 5.45. The lowest BCUT2D eigenvalue weighted by Crippen LogP contribution is -2.10. The zero-order valence-corrected chi connectivity index (χ0v) is 17.9. The van der Waals surface area contributed by atoms with Crippen LogP contribution in [-0.4, -0.2) is 29.1 Å². The third-order valence-corrected chi connectivity index (χ3v) is 6.21. The summed E-state index contributed by atoms with van der Waals surface area (Å²) < 4.78 is 3.87. The summed E-state index contributed by atoms with van der Waals surface area (Å²) in [4.78, 5) is 14.0. The zero-order valence-electron chi connectivity index (χ0n) is 17.1. The van der Waals surface area contributed by atoms with Crippen LogP contribution in [0.3, 0.4) is 0 Å². The van der Waals surface area contributed by atoms with Crippen LogP contribution in [0.15, 0.2) is 42.2 Å². The molecule has 4 heterocycles. The first-order valence-corrected chi connectivity index (χ1v) is 10.5. The molecule has 0 saturated carbocycles. The lowest BCUT2D eigenvalue weighted by molar-refractivity contribution is 0.590. The minimum absolute atomic E-state index is 0.119. The van der Waals surface area contributed by atoms with Crippen LogP contribution in [0.1, 0.15) is 37.6 Å². The molecule has 0 unspecified atom stereocenters. The van der Waals surface area contributed by atoms with Crippen molar-refractivity contribution >= 4 is 28.0 Å². The molecule has 4 aromatic heterocycles. The number of nitrogens with zero attached hydrogens (tertiary/aromatic N) is 6. The van der Waals surface area contributed by atoms with Gasteiger partial charge in [0, 0.05) is 22.8 Å². The van der Waals surface area contributed by atoms with Crippen LogP contribution < -0.4 is 0 Å². The van der Waals surface area contributed by atoms with Gasteiger partial charge in [-0.25, -0.2) is 19.5 Å². The average Bonchev–Trinajstić information content (AvgIpc) is 3.40. The van der Waals surface area contributed by atoms with Crippen LogP contribution in [0.5, 0.6) is 0 Å².